The molecule has 2 unspecified atom stereocenters. The molecule has 0 N–H and O–H groups in total. The van der Waals surface area contributed by atoms with Gasteiger partial charge in [0.2, 0.25) is 0 Å². The van der Waals surface area contributed by atoms with Gasteiger partial charge in [-0.1, -0.05) is 152 Å². The van der Waals surface area contributed by atoms with Crippen molar-refractivity contribution in [3.05, 3.63) is 217 Å². The Hall–Kier alpha value is -6.90. The first-order valence-electron chi connectivity index (χ1n) is 18.8. The van der Waals surface area contributed by atoms with E-state index < -0.39 is 0 Å². The maximum Gasteiger partial charge on any atom is 0.136 e. The van der Waals surface area contributed by atoms with Gasteiger partial charge < -0.3 is 9.32 Å². The Morgan fingerprint density at radius 2 is 1.17 bits per heavy atom. The fourth-order valence-corrected chi connectivity index (χ4v) is 8.85. The van der Waals surface area contributed by atoms with Crippen molar-refractivity contribution in [2.45, 2.75) is 0 Å². The molecule has 1 heterocycles. The summed E-state index contributed by atoms with van der Waals surface area (Å²) in [5.74, 6) is 0.719. The lowest BCUT2D eigenvalue weighted by Crippen LogP contribution is -2.21. The minimum absolute atomic E-state index is 0.339. The molecule has 254 valence electrons. The highest BCUT2D eigenvalue weighted by Gasteiger charge is 2.30. The summed E-state index contributed by atoms with van der Waals surface area (Å²) >= 11 is 0. The number of allylic oxidation sites excluding steroid dienone is 12. The van der Waals surface area contributed by atoms with Crippen LogP contribution in [0.4, 0.5) is 17.1 Å². The third-order valence-electron chi connectivity index (χ3n) is 11.4. The third-order valence-corrected chi connectivity index (χ3v) is 11.4. The van der Waals surface area contributed by atoms with Crippen LogP contribution in [-0.2, 0) is 0 Å². The molecule has 2 atom stereocenters. The van der Waals surface area contributed by atoms with Gasteiger partial charge >= 0.3 is 0 Å². The lowest BCUT2D eigenvalue weighted by atomic mass is 9.70. The predicted molar refractivity (Wildman–Crippen MR) is 227 cm³/mol. The van der Waals surface area contributed by atoms with Crippen LogP contribution in [0, 0.1) is 11.8 Å². The van der Waals surface area contributed by atoms with Crippen LogP contribution < -0.4 is 4.90 Å². The summed E-state index contributed by atoms with van der Waals surface area (Å²) in [6.07, 6.45) is 20.4. The van der Waals surface area contributed by atoms with E-state index in [2.05, 4.69) is 205 Å². The molecule has 8 aromatic rings. The topological polar surface area (TPSA) is 16.4 Å². The van der Waals surface area contributed by atoms with Gasteiger partial charge in [0.1, 0.15) is 11.2 Å². The van der Waals surface area contributed by atoms with E-state index >= 15 is 0 Å². The average molecular weight is 690 g/mol. The number of para-hydroxylation sites is 1. The van der Waals surface area contributed by atoms with E-state index in [9.17, 15) is 0 Å². The van der Waals surface area contributed by atoms with Gasteiger partial charge in [0.25, 0.3) is 0 Å². The molecule has 11 rings (SSSR count). The van der Waals surface area contributed by atoms with Crippen LogP contribution in [0.5, 0.6) is 0 Å². The molecule has 2 nitrogen and oxygen atoms in total. The summed E-state index contributed by atoms with van der Waals surface area (Å²) in [6.45, 7) is 0. The predicted octanol–water partition coefficient (Wildman–Crippen LogP) is 14.2. The molecule has 0 saturated heterocycles. The summed E-state index contributed by atoms with van der Waals surface area (Å²) in [5, 5.41) is 7.07. The summed E-state index contributed by atoms with van der Waals surface area (Å²) < 4.78 is 6.54. The van der Waals surface area contributed by atoms with Crippen molar-refractivity contribution < 1.29 is 4.42 Å². The molecular weight excluding hydrogens is 655 g/mol. The Labute approximate surface area is 314 Å². The van der Waals surface area contributed by atoms with E-state index in [1.165, 1.54) is 43.8 Å². The Bertz CT molecular complexity index is 3000. The van der Waals surface area contributed by atoms with Crippen molar-refractivity contribution in [2.75, 3.05) is 4.90 Å². The zero-order valence-electron chi connectivity index (χ0n) is 29.6. The molecule has 0 radical (unpaired) electrons. The molecule has 2 heteroatoms. The Morgan fingerprint density at radius 1 is 0.481 bits per heavy atom. The van der Waals surface area contributed by atoms with Crippen LogP contribution in [0.2, 0.25) is 0 Å². The Morgan fingerprint density at radius 3 is 2.02 bits per heavy atom. The quantitative estimate of drug-likeness (QED) is 0.179. The van der Waals surface area contributed by atoms with E-state index in [0.29, 0.717) is 11.8 Å². The largest absolute Gasteiger partial charge is 0.456 e. The molecule has 54 heavy (non-hydrogen) atoms. The Balaban J connectivity index is 1.10. The highest BCUT2D eigenvalue weighted by atomic mass is 16.3. The fourth-order valence-electron chi connectivity index (χ4n) is 8.85. The highest BCUT2D eigenvalue weighted by molar-refractivity contribution is 6.16. The number of fused-ring (bicyclic) bond motifs is 8. The van der Waals surface area contributed by atoms with Crippen molar-refractivity contribution in [1.82, 2.24) is 0 Å². The lowest BCUT2D eigenvalue weighted by molar-refractivity contribution is 0.618. The number of hydrogen-bond donors (Lipinski definition) is 0. The fraction of sp³-hybridized carbons (Fsp3) is 0.0385. The number of furan rings is 1. The van der Waals surface area contributed by atoms with E-state index in [1.807, 2.05) is 0 Å². The van der Waals surface area contributed by atoms with Crippen LogP contribution >= 0.6 is 0 Å². The third kappa shape index (κ3) is 4.95. The van der Waals surface area contributed by atoms with Gasteiger partial charge in [0, 0.05) is 39.5 Å². The first kappa shape index (κ1) is 30.7. The van der Waals surface area contributed by atoms with Crippen molar-refractivity contribution in [2.24, 2.45) is 11.8 Å². The summed E-state index contributed by atoms with van der Waals surface area (Å²) in [7, 11) is 0. The monoisotopic (exact) mass is 689 g/mol. The molecule has 3 aliphatic carbocycles. The minimum atomic E-state index is 0.339. The van der Waals surface area contributed by atoms with Gasteiger partial charge in [-0.15, -0.1) is 0 Å². The summed E-state index contributed by atoms with van der Waals surface area (Å²) in [6, 6.07) is 52.7. The van der Waals surface area contributed by atoms with Crippen molar-refractivity contribution in [3.63, 3.8) is 0 Å². The van der Waals surface area contributed by atoms with Crippen LogP contribution in [0.15, 0.2) is 216 Å². The number of anilines is 3. The molecule has 1 aromatic heterocycles. The van der Waals surface area contributed by atoms with Crippen LogP contribution in [0.1, 0.15) is 5.56 Å². The van der Waals surface area contributed by atoms with E-state index in [-0.39, 0.29) is 0 Å². The number of benzene rings is 7. The molecule has 0 spiro atoms. The molecule has 0 aliphatic heterocycles. The molecule has 3 aliphatic rings. The zero-order chi connectivity index (χ0) is 35.6. The summed E-state index contributed by atoms with van der Waals surface area (Å²) in [4.78, 5) is 2.41. The second kappa shape index (κ2) is 12.4. The van der Waals surface area contributed by atoms with Crippen LogP contribution in [0.3, 0.4) is 0 Å². The van der Waals surface area contributed by atoms with Crippen molar-refractivity contribution in [3.8, 4) is 11.1 Å². The minimum Gasteiger partial charge on any atom is -0.456 e. The first-order chi connectivity index (χ1) is 26.8. The maximum atomic E-state index is 6.54. The van der Waals surface area contributed by atoms with Gasteiger partial charge in [-0.05, 0) is 97.9 Å². The van der Waals surface area contributed by atoms with E-state index in [4.69, 9.17) is 4.42 Å². The van der Waals surface area contributed by atoms with E-state index in [1.54, 1.807) is 0 Å². The SMILES string of the molecule is C1=CC2=CC(c3ccc(N(c4ccc5ccccc5c4)c4ccccc4-c4cccc5oc6cc7ccccc7cc6c45)cc3)=C3C=CC=CC3C2C=C1. The number of hydrogen-bond acceptors (Lipinski definition) is 2. The smallest absolute Gasteiger partial charge is 0.136 e. The highest BCUT2D eigenvalue weighted by Crippen LogP contribution is 2.47. The average Bonchev–Trinajstić information content (AvgIpc) is 3.60. The van der Waals surface area contributed by atoms with Crippen LogP contribution in [-0.4, -0.2) is 0 Å². The van der Waals surface area contributed by atoms with Crippen molar-refractivity contribution >= 4 is 66.1 Å². The molecule has 7 aromatic carbocycles. The standard InChI is InChI=1S/C52H35NO/c1-2-13-36-30-41(29-24-34(36)12-1)53(40-27-25-35(26-28-40)47-32-39-16-5-6-17-42(39)43-18-7-8-19-44(43)47)49-22-10-9-20-45(49)46-21-11-23-50-52(46)48-31-37-14-3-4-15-38(37)33-51(48)54-50/h1-33,42-43H. The lowest BCUT2D eigenvalue weighted by Gasteiger charge is -2.33. The second-order valence-corrected chi connectivity index (χ2v) is 14.5. The second-order valence-electron chi connectivity index (χ2n) is 14.5. The Kier molecular flexibility index (Phi) is 7.03. The number of nitrogens with zero attached hydrogens (tertiary/aromatic N) is 1. The van der Waals surface area contributed by atoms with Crippen molar-refractivity contribution in [1.29, 1.82) is 0 Å². The first-order valence-corrected chi connectivity index (χ1v) is 18.8. The van der Waals surface area contributed by atoms with Gasteiger partial charge in [0.15, 0.2) is 0 Å². The zero-order valence-corrected chi connectivity index (χ0v) is 29.6. The molecule has 0 saturated carbocycles. The molecular formula is C52H35NO. The van der Waals surface area contributed by atoms with Crippen LogP contribution in [0.25, 0.3) is 60.2 Å². The van der Waals surface area contributed by atoms with Gasteiger partial charge in [0.05, 0.1) is 5.69 Å². The summed E-state index contributed by atoms with van der Waals surface area (Å²) in [5.41, 5.74) is 12.6. The maximum absolute atomic E-state index is 6.54. The molecule has 0 amide bonds. The normalized spacial score (nSPS) is 17.4. The number of rotatable bonds is 5. The van der Waals surface area contributed by atoms with Gasteiger partial charge in [-0.2, -0.15) is 0 Å². The van der Waals surface area contributed by atoms with E-state index in [0.717, 1.165) is 50.1 Å². The molecule has 0 bridgehead atoms. The van der Waals surface area contributed by atoms with Gasteiger partial charge in [-0.25, -0.2) is 0 Å². The van der Waals surface area contributed by atoms with Gasteiger partial charge in [-0.3, -0.25) is 0 Å². The molecule has 0 fully saturated rings.